The van der Waals surface area contributed by atoms with Gasteiger partial charge in [-0.15, -0.1) is 0 Å². The van der Waals surface area contributed by atoms with Crippen LogP contribution >= 0.6 is 0 Å². The fraction of sp³-hybridized carbons (Fsp3) is 0.900. The van der Waals surface area contributed by atoms with Gasteiger partial charge in [0.05, 0.1) is 6.61 Å². The highest BCUT2D eigenvalue weighted by Gasteiger charge is 2.37. The van der Waals surface area contributed by atoms with Crippen LogP contribution in [0.4, 0.5) is 4.79 Å². The van der Waals surface area contributed by atoms with Gasteiger partial charge in [0.15, 0.2) is 0 Å². The third kappa shape index (κ3) is 2.82. The van der Waals surface area contributed by atoms with E-state index in [0.29, 0.717) is 13.0 Å². The minimum absolute atomic E-state index is 0.0270. The zero-order chi connectivity index (χ0) is 11.6. The molecule has 1 aliphatic heterocycles. The van der Waals surface area contributed by atoms with Gasteiger partial charge in [0.25, 0.3) is 0 Å². The van der Waals surface area contributed by atoms with Crippen LogP contribution in [0.2, 0.25) is 0 Å². The summed E-state index contributed by atoms with van der Waals surface area (Å²) in [5, 5.41) is 21.3. The SMILES string of the molecule is CC(C)(C)N(C(=O)O)[C@@H]1CN[C@H](CO)C1. The van der Waals surface area contributed by atoms with E-state index in [1.54, 1.807) is 0 Å². The highest BCUT2D eigenvalue weighted by atomic mass is 16.4. The number of nitrogens with one attached hydrogen (secondary N) is 1. The second kappa shape index (κ2) is 4.37. The maximum atomic E-state index is 11.2. The Morgan fingerprint density at radius 1 is 1.53 bits per heavy atom. The molecule has 0 aliphatic carbocycles. The number of amides is 1. The molecule has 1 aliphatic rings. The normalized spacial score (nSPS) is 26.7. The second-order valence-electron chi connectivity index (χ2n) is 5.00. The molecule has 1 fully saturated rings. The maximum absolute atomic E-state index is 11.2. The number of aliphatic hydroxyl groups excluding tert-OH is 1. The molecule has 0 unspecified atom stereocenters. The van der Waals surface area contributed by atoms with Crippen LogP contribution in [0, 0.1) is 0 Å². The molecule has 1 saturated heterocycles. The average molecular weight is 216 g/mol. The molecule has 0 saturated carbocycles. The van der Waals surface area contributed by atoms with Gasteiger partial charge in [0, 0.05) is 24.2 Å². The van der Waals surface area contributed by atoms with E-state index < -0.39 is 11.6 Å². The average Bonchev–Trinajstić information content (AvgIpc) is 2.49. The Kier molecular flexibility index (Phi) is 3.57. The maximum Gasteiger partial charge on any atom is 0.408 e. The summed E-state index contributed by atoms with van der Waals surface area (Å²) in [7, 11) is 0. The summed E-state index contributed by atoms with van der Waals surface area (Å²) >= 11 is 0. The molecule has 88 valence electrons. The molecule has 0 aromatic carbocycles. The number of hydrogen-bond donors (Lipinski definition) is 3. The van der Waals surface area contributed by atoms with E-state index in [9.17, 15) is 4.79 Å². The van der Waals surface area contributed by atoms with Crippen molar-refractivity contribution in [3.8, 4) is 0 Å². The van der Waals surface area contributed by atoms with E-state index in [2.05, 4.69) is 5.32 Å². The Bertz CT molecular complexity index is 237. The Morgan fingerprint density at radius 2 is 2.13 bits per heavy atom. The van der Waals surface area contributed by atoms with Crippen molar-refractivity contribution in [1.82, 2.24) is 10.2 Å². The molecule has 5 nitrogen and oxygen atoms in total. The minimum Gasteiger partial charge on any atom is -0.465 e. The molecule has 5 heteroatoms. The number of rotatable bonds is 2. The molecule has 15 heavy (non-hydrogen) atoms. The molecular formula is C10H20N2O3. The smallest absolute Gasteiger partial charge is 0.408 e. The third-order valence-corrected chi connectivity index (χ3v) is 2.71. The zero-order valence-corrected chi connectivity index (χ0v) is 9.53. The van der Waals surface area contributed by atoms with Gasteiger partial charge in [-0.1, -0.05) is 0 Å². The van der Waals surface area contributed by atoms with Crippen LogP contribution in [0.1, 0.15) is 27.2 Å². The van der Waals surface area contributed by atoms with Crippen LogP contribution in [0.15, 0.2) is 0 Å². The van der Waals surface area contributed by atoms with Gasteiger partial charge >= 0.3 is 6.09 Å². The number of aliphatic hydroxyl groups is 1. The second-order valence-corrected chi connectivity index (χ2v) is 5.00. The van der Waals surface area contributed by atoms with Gasteiger partial charge in [0.1, 0.15) is 0 Å². The Hall–Kier alpha value is -0.810. The van der Waals surface area contributed by atoms with Crippen LogP contribution in [-0.2, 0) is 0 Å². The van der Waals surface area contributed by atoms with Gasteiger partial charge in [0.2, 0.25) is 0 Å². The van der Waals surface area contributed by atoms with Gasteiger partial charge in [-0.25, -0.2) is 4.79 Å². The summed E-state index contributed by atoms with van der Waals surface area (Å²) in [5.74, 6) is 0. The van der Waals surface area contributed by atoms with Crippen LogP contribution in [0.25, 0.3) is 0 Å². The minimum atomic E-state index is -0.895. The predicted octanol–water partition coefficient (Wildman–Crippen LogP) is 0.488. The van der Waals surface area contributed by atoms with Crippen LogP contribution in [0.3, 0.4) is 0 Å². The zero-order valence-electron chi connectivity index (χ0n) is 9.53. The molecule has 1 heterocycles. The first-order valence-corrected chi connectivity index (χ1v) is 5.22. The lowest BCUT2D eigenvalue weighted by atomic mass is 10.0. The lowest BCUT2D eigenvalue weighted by Crippen LogP contribution is -2.51. The van der Waals surface area contributed by atoms with E-state index in [1.807, 2.05) is 20.8 Å². The first-order chi connectivity index (χ1) is 6.86. The number of carbonyl (C=O) groups is 1. The van der Waals surface area contributed by atoms with Gasteiger partial charge < -0.3 is 15.5 Å². The molecule has 0 bridgehead atoms. The van der Waals surface area contributed by atoms with Gasteiger partial charge in [-0.3, -0.25) is 4.90 Å². The highest BCUT2D eigenvalue weighted by molar-refractivity contribution is 5.66. The van der Waals surface area contributed by atoms with Crippen molar-refractivity contribution in [3.63, 3.8) is 0 Å². The summed E-state index contributed by atoms with van der Waals surface area (Å²) < 4.78 is 0. The van der Waals surface area contributed by atoms with Crippen molar-refractivity contribution in [2.75, 3.05) is 13.2 Å². The van der Waals surface area contributed by atoms with E-state index in [1.165, 1.54) is 4.90 Å². The summed E-state index contributed by atoms with van der Waals surface area (Å²) in [5.41, 5.74) is -0.400. The topological polar surface area (TPSA) is 72.8 Å². The van der Waals surface area contributed by atoms with Crippen LogP contribution in [-0.4, -0.2) is 52.0 Å². The van der Waals surface area contributed by atoms with Crippen LogP contribution in [0.5, 0.6) is 0 Å². The van der Waals surface area contributed by atoms with Crippen molar-refractivity contribution < 1.29 is 15.0 Å². The van der Waals surface area contributed by atoms with E-state index in [-0.39, 0.29) is 18.7 Å². The van der Waals surface area contributed by atoms with Crippen molar-refractivity contribution in [2.24, 2.45) is 0 Å². The van der Waals surface area contributed by atoms with Crippen molar-refractivity contribution >= 4 is 6.09 Å². The molecule has 3 N–H and O–H groups in total. The van der Waals surface area contributed by atoms with Crippen molar-refractivity contribution in [3.05, 3.63) is 0 Å². The fourth-order valence-corrected chi connectivity index (χ4v) is 2.12. The molecule has 1 amide bonds. The molecule has 2 atom stereocenters. The first kappa shape index (κ1) is 12.3. The lowest BCUT2D eigenvalue weighted by molar-refractivity contribution is 0.0743. The fourth-order valence-electron chi connectivity index (χ4n) is 2.12. The number of nitrogens with zero attached hydrogens (tertiary/aromatic N) is 1. The first-order valence-electron chi connectivity index (χ1n) is 5.22. The summed E-state index contributed by atoms with van der Waals surface area (Å²) in [6, 6.07) is -0.0150. The Balaban J connectivity index is 2.71. The monoisotopic (exact) mass is 216 g/mol. The number of carboxylic acid groups (broad SMARTS) is 1. The molecule has 0 aromatic heterocycles. The van der Waals surface area contributed by atoms with E-state index in [0.717, 1.165) is 0 Å². The largest absolute Gasteiger partial charge is 0.465 e. The standard InChI is InChI=1S/C10H20N2O3/c1-10(2,3)12(9(14)15)8-4-7(6-13)11-5-8/h7-8,11,13H,4-6H2,1-3H3,(H,14,15)/t7-,8-/m0/s1. The predicted molar refractivity (Wildman–Crippen MR) is 56.9 cm³/mol. The summed E-state index contributed by atoms with van der Waals surface area (Å²) in [6.07, 6.45) is -0.215. The Morgan fingerprint density at radius 3 is 2.47 bits per heavy atom. The van der Waals surface area contributed by atoms with E-state index in [4.69, 9.17) is 10.2 Å². The van der Waals surface area contributed by atoms with Gasteiger partial charge in [-0.05, 0) is 27.2 Å². The summed E-state index contributed by atoms with van der Waals surface area (Å²) in [6.45, 7) is 6.33. The molecule has 0 spiro atoms. The summed E-state index contributed by atoms with van der Waals surface area (Å²) in [4.78, 5) is 12.6. The molecule has 0 radical (unpaired) electrons. The quantitative estimate of drug-likeness (QED) is 0.628. The van der Waals surface area contributed by atoms with Gasteiger partial charge in [-0.2, -0.15) is 0 Å². The van der Waals surface area contributed by atoms with Crippen molar-refractivity contribution in [1.29, 1.82) is 0 Å². The highest BCUT2D eigenvalue weighted by Crippen LogP contribution is 2.22. The van der Waals surface area contributed by atoms with Crippen molar-refractivity contribution in [2.45, 2.75) is 44.8 Å². The lowest BCUT2D eigenvalue weighted by Gasteiger charge is -2.37. The van der Waals surface area contributed by atoms with E-state index >= 15 is 0 Å². The number of hydrogen-bond acceptors (Lipinski definition) is 3. The van der Waals surface area contributed by atoms with Crippen LogP contribution < -0.4 is 5.32 Å². The molecule has 1 rings (SSSR count). The molecule has 0 aromatic rings. The molecular weight excluding hydrogens is 196 g/mol. The Labute approximate surface area is 90.1 Å². The third-order valence-electron chi connectivity index (χ3n) is 2.71.